The van der Waals surface area contributed by atoms with Gasteiger partial charge in [-0.05, 0) is 24.7 Å². The fraction of sp³-hybridized carbons (Fsp3) is 0.300. The second-order valence-electron chi connectivity index (χ2n) is 2.83. The summed E-state index contributed by atoms with van der Waals surface area (Å²) in [6.07, 6.45) is 0.635. The zero-order valence-electron chi connectivity index (χ0n) is 8.33. The highest BCUT2D eigenvalue weighted by Crippen LogP contribution is 2.24. The van der Waals surface area contributed by atoms with E-state index in [1.165, 1.54) is 0 Å². The van der Waals surface area contributed by atoms with Crippen molar-refractivity contribution in [2.24, 2.45) is 0 Å². The standard InChI is InChI=1S/C10H14N2O2/c1-11-6-8-3-4-9(12-7-13)10(5-8)14-2/h3-5,7,11H,6H2,1-2H3,(H,12,13). The maximum Gasteiger partial charge on any atom is 0.211 e. The van der Waals surface area contributed by atoms with Crippen LogP contribution < -0.4 is 15.4 Å². The van der Waals surface area contributed by atoms with Gasteiger partial charge in [0.25, 0.3) is 0 Å². The Morgan fingerprint density at radius 2 is 2.29 bits per heavy atom. The first-order valence-electron chi connectivity index (χ1n) is 4.33. The van der Waals surface area contributed by atoms with E-state index in [4.69, 9.17) is 4.74 Å². The van der Waals surface area contributed by atoms with Crippen molar-refractivity contribution in [2.45, 2.75) is 6.54 Å². The highest BCUT2D eigenvalue weighted by Gasteiger charge is 2.02. The van der Waals surface area contributed by atoms with Crippen molar-refractivity contribution < 1.29 is 9.53 Å². The molecule has 1 aromatic rings. The van der Waals surface area contributed by atoms with E-state index in [1.54, 1.807) is 7.11 Å². The minimum Gasteiger partial charge on any atom is -0.495 e. The van der Waals surface area contributed by atoms with E-state index in [9.17, 15) is 4.79 Å². The number of hydrogen-bond acceptors (Lipinski definition) is 3. The number of ether oxygens (including phenoxy) is 1. The van der Waals surface area contributed by atoms with Gasteiger partial charge in [-0.3, -0.25) is 4.79 Å². The SMILES string of the molecule is CNCc1ccc(NC=O)c(OC)c1. The predicted octanol–water partition coefficient (Wildman–Crippen LogP) is 0.983. The van der Waals surface area contributed by atoms with E-state index in [1.807, 2.05) is 25.2 Å². The van der Waals surface area contributed by atoms with Crippen LogP contribution in [0.1, 0.15) is 5.56 Å². The Hall–Kier alpha value is -1.55. The van der Waals surface area contributed by atoms with Gasteiger partial charge in [0.05, 0.1) is 12.8 Å². The molecule has 0 unspecified atom stereocenters. The first-order chi connectivity index (χ1) is 6.81. The molecular weight excluding hydrogens is 180 g/mol. The zero-order valence-corrected chi connectivity index (χ0v) is 8.33. The number of carbonyl (C=O) groups is 1. The number of carbonyl (C=O) groups excluding carboxylic acids is 1. The Morgan fingerprint density at radius 1 is 1.50 bits per heavy atom. The lowest BCUT2D eigenvalue weighted by Gasteiger charge is -2.09. The average molecular weight is 194 g/mol. The molecule has 76 valence electrons. The largest absolute Gasteiger partial charge is 0.495 e. The smallest absolute Gasteiger partial charge is 0.211 e. The van der Waals surface area contributed by atoms with Crippen LogP contribution in [0.4, 0.5) is 5.69 Å². The molecule has 0 heterocycles. The van der Waals surface area contributed by atoms with Gasteiger partial charge in [0.2, 0.25) is 6.41 Å². The van der Waals surface area contributed by atoms with Crippen molar-refractivity contribution in [3.05, 3.63) is 23.8 Å². The molecule has 0 saturated carbocycles. The molecule has 0 aromatic heterocycles. The lowest BCUT2D eigenvalue weighted by Crippen LogP contribution is -2.06. The maximum absolute atomic E-state index is 10.3. The summed E-state index contributed by atoms with van der Waals surface area (Å²) in [7, 11) is 3.46. The van der Waals surface area contributed by atoms with Crippen molar-refractivity contribution in [3.8, 4) is 5.75 Å². The molecule has 4 nitrogen and oxygen atoms in total. The highest BCUT2D eigenvalue weighted by atomic mass is 16.5. The van der Waals surface area contributed by atoms with Crippen molar-refractivity contribution >= 4 is 12.1 Å². The van der Waals surface area contributed by atoms with Crippen LogP contribution in [0.15, 0.2) is 18.2 Å². The lowest BCUT2D eigenvalue weighted by atomic mass is 10.2. The van der Waals surface area contributed by atoms with Gasteiger partial charge >= 0.3 is 0 Å². The van der Waals surface area contributed by atoms with Crippen molar-refractivity contribution in [1.82, 2.24) is 5.32 Å². The fourth-order valence-corrected chi connectivity index (χ4v) is 1.23. The molecule has 4 heteroatoms. The Labute approximate surface area is 83.3 Å². The average Bonchev–Trinajstić information content (AvgIpc) is 2.21. The Morgan fingerprint density at radius 3 is 2.86 bits per heavy atom. The predicted molar refractivity (Wildman–Crippen MR) is 55.4 cm³/mol. The summed E-state index contributed by atoms with van der Waals surface area (Å²) in [6, 6.07) is 5.65. The number of methoxy groups -OCH3 is 1. The summed E-state index contributed by atoms with van der Waals surface area (Å²) in [5.74, 6) is 0.671. The van der Waals surface area contributed by atoms with Gasteiger partial charge in [0.15, 0.2) is 0 Å². The van der Waals surface area contributed by atoms with Crippen LogP contribution in [-0.2, 0) is 11.3 Å². The maximum atomic E-state index is 10.3. The molecular formula is C10H14N2O2. The fourth-order valence-electron chi connectivity index (χ4n) is 1.23. The molecule has 14 heavy (non-hydrogen) atoms. The number of amides is 1. The summed E-state index contributed by atoms with van der Waals surface area (Å²) in [4.78, 5) is 10.3. The molecule has 0 fully saturated rings. The molecule has 0 aliphatic heterocycles. The molecule has 0 aliphatic carbocycles. The Kier molecular flexibility index (Phi) is 3.94. The van der Waals surface area contributed by atoms with Crippen LogP contribution >= 0.6 is 0 Å². The second kappa shape index (κ2) is 5.24. The van der Waals surface area contributed by atoms with Crippen molar-refractivity contribution in [1.29, 1.82) is 0 Å². The molecule has 2 N–H and O–H groups in total. The molecule has 0 bridgehead atoms. The highest BCUT2D eigenvalue weighted by molar-refractivity contribution is 5.75. The third-order valence-corrected chi connectivity index (χ3v) is 1.86. The summed E-state index contributed by atoms with van der Waals surface area (Å²) in [5, 5.41) is 5.61. The van der Waals surface area contributed by atoms with Gasteiger partial charge in [-0.2, -0.15) is 0 Å². The first-order valence-corrected chi connectivity index (χ1v) is 4.33. The van der Waals surface area contributed by atoms with Crippen molar-refractivity contribution in [2.75, 3.05) is 19.5 Å². The number of anilines is 1. The lowest BCUT2D eigenvalue weighted by molar-refractivity contribution is -0.105. The molecule has 0 atom stereocenters. The molecule has 1 amide bonds. The number of hydrogen-bond donors (Lipinski definition) is 2. The summed E-state index contributed by atoms with van der Waals surface area (Å²) in [6.45, 7) is 0.776. The van der Waals surface area contributed by atoms with Gasteiger partial charge in [-0.1, -0.05) is 6.07 Å². The van der Waals surface area contributed by atoms with Crippen molar-refractivity contribution in [3.63, 3.8) is 0 Å². The van der Waals surface area contributed by atoms with E-state index in [0.717, 1.165) is 12.1 Å². The van der Waals surface area contributed by atoms with Gasteiger partial charge in [-0.25, -0.2) is 0 Å². The van der Waals surface area contributed by atoms with Crippen LogP contribution in [0, 0.1) is 0 Å². The number of rotatable bonds is 5. The molecule has 0 aliphatic rings. The Balaban J connectivity index is 2.92. The molecule has 1 aromatic carbocycles. The topological polar surface area (TPSA) is 50.4 Å². The van der Waals surface area contributed by atoms with Crippen LogP contribution in [0.5, 0.6) is 5.75 Å². The summed E-state index contributed by atoms with van der Waals surface area (Å²) < 4.78 is 5.14. The minimum absolute atomic E-state index is 0.635. The normalized spacial score (nSPS) is 9.57. The van der Waals surface area contributed by atoms with Crippen LogP contribution in [0.3, 0.4) is 0 Å². The molecule has 0 radical (unpaired) electrons. The Bertz CT molecular complexity index is 313. The van der Waals surface area contributed by atoms with E-state index in [-0.39, 0.29) is 0 Å². The third-order valence-electron chi connectivity index (χ3n) is 1.86. The van der Waals surface area contributed by atoms with Crippen LogP contribution in [0.2, 0.25) is 0 Å². The van der Waals surface area contributed by atoms with Gasteiger partial charge in [0.1, 0.15) is 5.75 Å². The molecule has 0 spiro atoms. The zero-order chi connectivity index (χ0) is 10.4. The minimum atomic E-state index is 0.635. The van der Waals surface area contributed by atoms with Crippen LogP contribution in [0.25, 0.3) is 0 Å². The van der Waals surface area contributed by atoms with E-state index in [2.05, 4.69) is 10.6 Å². The monoisotopic (exact) mass is 194 g/mol. The van der Waals surface area contributed by atoms with Gasteiger partial charge in [0, 0.05) is 6.54 Å². The molecule has 0 saturated heterocycles. The number of nitrogens with one attached hydrogen (secondary N) is 2. The number of benzene rings is 1. The van der Waals surface area contributed by atoms with E-state index in [0.29, 0.717) is 17.8 Å². The van der Waals surface area contributed by atoms with Gasteiger partial charge < -0.3 is 15.4 Å². The van der Waals surface area contributed by atoms with E-state index >= 15 is 0 Å². The first kappa shape index (κ1) is 10.5. The quantitative estimate of drug-likeness (QED) is 0.687. The third kappa shape index (κ3) is 2.47. The van der Waals surface area contributed by atoms with Crippen LogP contribution in [-0.4, -0.2) is 20.6 Å². The van der Waals surface area contributed by atoms with Gasteiger partial charge in [-0.15, -0.1) is 0 Å². The summed E-state index contributed by atoms with van der Waals surface area (Å²) >= 11 is 0. The second-order valence-corrected chi connectivity index (χ2v) is 2.83. The summed E-state index contributed by atoms with van der Waals surface area (Å²) in [5.41, 5.74) is 1.79. The van der Waals surface area contributed by atoms with E-state index < -0.39 is 0 Å². The molecule has 1 rings (SSSR count).